The summed E-state index contributed by atoms with van der Waals surface area (Å²) >= 11 is 6.41. The maximum Gasteiger partial charge on any atom is 0.336 e. The van der Waals surface area contributed by atoms with E-state index in [1.165, 1.54) is 0 Å². The molecule has 2 aromatic carbocycles. The van der Waals surface area contributed by atoms with Gasteiger partial charge in [-0.1, -0.05) is 41.9 Å². The molecule has 6 nitrogen and oxygen atoms in total. The van der Waals surface area contributed by atoms with Gasteiger partial charge in [-0.25, -0.2) is 4.79 Å². The van der Waals surface area contributed by atoms with Gasteiger partial charge < -0.3 is 15.0 Å². The van der Waals surface area contributed by atoms with Gasteiger partial charge in [0, 0.05) is 34.7 Å². The van der Waals surface area contributed by atoms with Crippen molar-refractivity contribution in [3.05, 3.63) is 81.5 Å². The second-order valence-electron chi connectivity index (χ2n) is 8.31. The molecule has 3 rings (SSSR count). The first-order valence-corrected chi connectivity index (χ1v) is 11.4. The number of nitrogens with one attached hydrogen (secondary N) is 1. The lowest BCUT2D eigenvalue weighted by Crippen LogP contribution is -2.38. The van der Waals surface area contributed by atoms with Crippen molar-refractivity contribution < 1.29 is 19.1 Å². The Morgan fingerprint density at radius 1 is 1.18 bits per heavy atom. The number of carbonyl (C=O) groups excluding carboxylic acids is 3. The van der Waals surface area contributed by atoms with Crippen molar-refractivity contribution in [1.82, 2.24) is 10.2 Å². The number of allylic oxidation sites excluding steroid dienone is 1. The standard InChI is InChI=1S/C26H29ClN2O4/c1-5-33-26(32)24-17(4)29(23(30)14-21(24)20-11-6-7-12-22(20)27)15-18-9-8-10-19(13-18)25(31)28-16(2)3/h6-13,16,21H,5,14-15H2,1-4H3,(H,28,31). The Balaban J connectivity index is 1.98. The van der Waals surface area contributed by atoms with Crippen LogP contribution in [0.5, 0.6) is 0 Å². The third-order valence-corrected chi connectivity index (χ3v) is 5.89. The Bertz CT molecular complexity index is 1090. The Kier molecular flexibility index (Phi) is 7.92. The maximum absolute atomic E-state index is 13.2. The van der Waals surface area contributed by atoms with Crippen LogP contribution < -0.4 is 5.32 Å². The van der Waals surface area contributed by atoms with Gasteiger partial charge in [-0.05, 0) is 57.0 Å². The molecule has 1 N–H and O–H groups in total. The molecule has 1 heterocycles. The zero-order valence-corrected chi connectivity index (χ0v) is 20.1. The first kappa shape index (κ1) is 24.5. The molecular weight excluding hydrogens is 440 g/mol. The van der Waals surface area contributed by atoms with Crippen LogP contribution in [0.4, 0.5) is 0 Å². The highest BCUT2D eigenvalue weighted by Gasteiger charge is 2.37. The van der Waals surface area contributed by atoms with Crippen LogP contribution >= 0.6 is 11.6 Å². The lowest BCUT2D eigenvalue weighted by Gasteiger charge is -2.35. The minimum absolute atomic E-state index is 0.0175. The van der Waals surface area contributed by atoms with Gasteiger partial charge in [0.05, 0.1) is 18.7 Å². The number of rotatable bonds is 7. The third-order valence-electron chi connectivity index (χ3n) is 5.55. The molecule has 1 atom stereocenters. The molecule has 1 aliphatic heterocycles. The molecule has 0 aliphatic carbocycles. The van der Waals surface area contributed by atoms with E-state index in [2.05, 4.69) is 5.32 Å². The fraction of sp³-hybridized carbons (Fsp3) is 0.346. The van der Waals surface area contributed by atoms with Gasteiger partial charge in [-0.3, -0.25) is 9.59 Å². The van der Waals surface area contributed by atoms with Crippen LogP contribution in [0.1, 0.15) is 61.5 Å². The van der Waals surface area contributed by atoms with Gasteiger partial charge >= 0.3 is 5.97 Å². The summed E-state index contributed by atoms with van der Waals surface area (Å²) in [4.78, 5) is 40.1. The minimum atomic E-state index is -0.482. The molecule has 0 bridgehead atoms. The van der Waals surface area contributed by atoms with Crippen molar-refractivity contribution in [2.24, 2.45) is 0 Å². The highest BCUT2D eigenvalue weighted by molar-refractivity contribution is 6.31. The van der Waals surface area contributed by atoms with Crippen LogP contribution in [0.2, 0.25) is 5.02 Å². The summed E-state index contributed by atoms with van der Waals surface area (Å²) in [7, 11) is 0. The Morgan fingerprint density at radius 3 is 2.58 bits per heavy atom. The number of benzene rings is 2. The average Bonchev–Trinajstić information content (AvgIpc) is 2.76. The number of amides is 2. The molecule has 0 saturated carbocycles. The molecule has 33 heavy (non-hydrogen) atoms. The molecule has 0 fully saturated rings. The van der Waals surface area contributed by atoms with E-state index >= 15 is 0 Å². The number of carbonyl (C=O) groups is 3. The normalized spacial score (nSPS) is 16.2. The average molecular weight is 469 g/mol. The van der Waals surface area contributed by atoms with Gasteiger partial charge in [0.2, 0.25) is 5.91 Å². The van der Waals surface area contributed by atoms with Crippen molar-refractivity contribution in [2.45, 2.75) is 52.6 Å². The van der Waals surface area contributed by atoms with E-state index in [-0.39, 0.29) is 37.4 Å². The number of halogens is 1. The summed E-state index contributed by atoms with van der Waals surface area (Å²) < 4.78 is 5.33. The van der Waals surface area contributed by atoms with Crippen LogP contribution in [0, 0.1) is 0 Å². The monoisotopic (exact) mass is 468 g/mol. The van der Waals surface area contributed by atoms with Crippen LogP contribution in [-0.2, 0) is 20.9 Å². The van der Waals surface area contributed by atoms with Crippen molar-refractivity contribution in [2.75, 3.05) is 6.61 Å². The van der Waals surface area contributed by atoms with Crippen molar-refractivity contribution in [3.63, 3.8) is 0 Å². The fourth-order valence-corrected chi connectivity index (χ4v) is 4.31. The lowest BCUT2D eigenvalue weighted by atomic mass is 9.83. The Morgan fingerprint density at radius 2 is 1.91 bits per heavy atom. The summed E-state index contributed by atoms with van der Waals surface area (Å²) in [5.74, 6) is -1.23. The SMILES string of the molecule is CCOC(=O)C1=C(C)N(Cc2cccc(C(=O)NC(C)C)c2)C(=O)CC1c1ccccc1Cl. The molecule has 0 spiro atoms. The van der Waals surface area contributed by atoms with Crippen LogP contribution in [0.25, 0.3) is 0 Å². The van der Waals surface area contributed by atoms with E-state index in [0.29, 0.717) is 21.9 Å². The Hall–Kier alpha value is -3.12. The first-order chi connectivity index (χ1) is 15.7. The zero-order chi connectivity index (χ0) is 24.1. The molecule has 1 aliphatic rings. The molecule has 1 unspecified atom stereocenters. The molecule has 2 aromatic rings. The van der Waals surface area contributed by atoms with Crippen LogP contribution in [0.3, 0.4) is 0 Å². The number of hydrogen-bond donors (Lipinski definition) is 1. The predicted molar refractivity (Wildman–Crippen MR) is 128 cm³/mol. The molecule has 2 amide bonds. The molecule has 0 aromatic heterocycles. The predicted octanol–water partition coefficient (Wildman–Crippen LogP) is 4.83. The number of hydrogen-bond acceptors (Lipinski definition) is 4. The number of esters is 1. The van der Waals surface area contributed by atoms with E-state index < -0.39 is 11.9 Å². The summed E-state index contributed by atoms with van der Waals surface area (Å²) in [5.41, 5.74) is 3.00. The summed E-state index contributed by atoms with van der Waals surface area (Å²) in [5, 5.41) is 3.37. The van der Waals surface area contributed by atoms with Crippen LogP contribution in [0.15, 0.2) is 59.8 Å². The first-order valence-electron chi connectivity index (χ1n) is 11.0. The molecule has 0 radical (unpaired) electrons. The van der Waals surface area contributed by atoms with E-state index in [1.807, 2.05) is 38.1 Å². The van der Waals surface area contributed by atoms with E-state index in [0.717, 1.165) is 11.1 Å². The van der Waals surface area contributed by atoms with Crippen molar-refractivity contribution in [3.8, 4) is 0 Å². The molecule has 174 valence electrons. The lowest BCUT2D eigenvalue weighted by molar-refractivity contribution is -0.140. The summed E-state index contributed by atoms with van der Waals surface area (Å²) in [6.45, 7) is 7.76. The van der Waals surface area contributed by atoms with Gasteiger partial charge in [0.25, 0.3) is 5.91 Å². The summed E-state index contributed by atoms with van der Waals surface area (Å²) in [6, 6.07) is 14.4. The minimum Gasteiger partial charge on any atom is -0.463 e. The maximum atomic E-state index is 13.2. The van der Waals surface area contributed by atoms with E-state index in [4.69, 9.17) is 16.3 Å². The number of ether oxygens (including phenoxy) is 1. The second-order valence-corrected chi connectivity index (χ2v) is 8.71. The van der Waals surface area contributed by atoms with Gasteiger partial charge in [0.15, 0.2) is 0 Å². The topological polar surface area (TPSA) is 75.7 Å². The summed E-state index contributed by atoms with van der Waals surface area (Å²) in [6.07, 6.45) is 0.0999. The van der Waals surface area contributed by atoms with Crippen molar-refractivity contribution >= 4 is 29.4 Å². The third kappa shape index (κ3) is 5.63. The molecular formula is C26H29ClN2O4. The quantitative estimate of drug-likeness (QED) is 0.590. The molecule has 7 heteroatoms. The smallest absolute Gasteiger partial charge is 0.336 e. The van der Waals surface area contributed by atoms with Crippen molar-refractivity contribution in [1.29, 1.82) is 0 Å². The highest BCUT2D eigenvalue weighted by atomic mass is 35.5. The largest absolute Gasteiger partial charge is 0.463 e. The fourth-order valence-electron chi connectivity index (χ4n) is 4.04. The highest BCUT2D eigenvalue weighted by Crippen LogP contribution is 2.40. The molecule has 0 saturated heterocycles. The van der Waals surface area contributed by atoms with Crippen LogP contribution in [-0.4, -0.2) is 35.3 Å². The van der Waals surface area contributed by atoms with E-state index in [1.54, 1.807) is 43.0 Å². The van der Waals surface area contributed by atoms with Gasteiger partial charge in [0.1, 0.15) is 0 Å². The number of nitrogens with zero attached hydrogens (tertiary/aromatic N) is 1. The second kappa shape index (κ2) is 10.7. The van der Waals surface area contributed by atoms with Gasteiger partial charge in [-0.2, -0.15) is 0 Å². The zero-order valence-electron chi connectivity index (χ0n) is 19.4. The van der Waals surface area contributed by atoms with E-state index in [9.17, 15) is 14.4 Å². The van der Waals surface area contributed by atoms with Gasteiger partial charge in [-0.15, -0.1) is 0 Å². The Labute approximate surface area is 199 Å².